The highest BCUT2D eigenvalue weighted by Gasteiger charge is 2.31. The van der Waals surface area contributed by atoms with Crippen LogP contribution in [0.3, 0.4) is 0 Å². The Hall–Kier alpha value is -5.04. The SMILES string of the molecule is Cc1cnc(CNC(=O)[C@@H]2Cc3ccc(cc3)Oc3ccc(O)c(c3)C(=O)N[C@@H]([C@@H](C)O)C(=O)N[C@@H](C)C(=O)N2)cn1. The Morgan fingerprint density at radius 3 is 2.40 bits per heavy atom. The second-order valence-corrected chi connectivity index (χ2v) is 9.98. The minimum absolute atomic E-state index is 0.0853. The van der Waals surface area contributed by atoms with E-state index in [9.17, 15) is 29.4 Å². The molecule has 4 bridgehead atoms. The van der Waals surface area contributed by atoms with E-state index in [-0.39, 0.29) is 30.0 Å². The van der Waals surface area contributed by atoms with Gasteiger partial charge in [0, 0.05) is 12.6 Å². The van der Waals surface area contributed by atoms with Crippen LogP contribution in [0.4, 0.5) is 0 Å². The fraction of sp³-hybridized carbons (Fsp3) is 0.310. The number of rotatable bonds is 4. The number of amides is 4. The van der Waals surface area contributed by atoms with E-state index in [0.717, 1.165) is 5.69 Å². The van der Waals surface area contributed by atoms with Gasteiger partial charge in [-0.15, -0.1) is 0 Å². The van der Waals surface area contributed by atoms with Gasteiger partial charge in [0.2, 0.25) is 17.7 Å². The van der Waals surface area contributed by atoms with Crippen LogP contribution in [-0.4, -0.2) is 68.0 Å². The molecule has 3 heterocycles. The standard InChI is InChI=1S/C29H32N6O7/c1-15-12-31-19(13-30-15)14-32-28(40)23-10-18-4-6-20(7-5-18)42-21-8-9-24(37)22(11-21)27(39)35-25(17(3)36)29(41)33-16(2)26(38)34-23/h4-9,11-13,16-17,23,25,36-37H,10,14H2,1-3H3,(H,32,40)(H,33,41)(H,34,38)(H,35,39)/t16-,17+,23-,25-/m0/s1. The number of aliphatic hydroxyl groups excluding tert-OH is 1. The van der Waals surface area contributed by atoms with E-state index < -0.39 is 47.9 Å². The lowest BCUT2D eigenvalue weighted by molar-refractivity contribution is -0.133. The van der Waals surface area contributed by atoms with Crippen molar-refractivity contribution in [2.45, 2.75) is 58.0 Å². The zero-order chi connectivity index (χ0) is 30.4. The van der Waals surface area contributed by atoms with Crippen molar-refractivity contribution in [2.75, 3.05) is 0 Å². The van der Waals surface area contributed by atoms with Crippen molar-refractivity contribution in [3.05, 3.63) is 77.4 Å². The highest BCUT2D eigenvalue weighted by molar-refractivity contribution is 6.00. The van der Waals surface area contributed by atoms with E-state index in [1.165, 1.54) is 32.0 Å². The Morgan fingerprint density at radius 2 is 1.74 bits per heavy atom. The fourth-order valence-corrected chi connectivity index (χ4v) is 4.14. The van der Waals surface area contributed by atoms with Crippen LogP contribution in [0, 0.1) is 6.92 Å². The van der Waals surface area contributed by atoms with Crippen LogP contribution in [-0.2, 0) is 27.3 Å². The van der Waals surface area contributed by atoms with Crippen molar-refractivity contribution in [1.29, 1.82) is 0 Å². The monoisotopic (exact) mass is 576 g/mol. The lowest BCUT2D eigenvalue weighted by Gasteiger charge is -2.25. The van der Waals surface area contributed by atoms with Crippen LogP contribution in [0.5, 0.6) is 17.2 Å². The molecule has 2 aromatic carbocycles. The van der Waals surface area contributed by atoms with Crippen molar-refractivity contribution < 1.29 is 34.1 Å². The Labute approximate surface area is 241 Å². The molecule has 5 rings (SSSR count). The molecule has 2 aliphatic rings. The number of benzene rings is 2. The number of aryl methyl sites for hydroxylation is 1. The summed E-state index contributed by atoms with van der Waals surface area (Å²) in [6.07, 6.45) is 1.89. The lowest BCUT2D eigenvalue weighted by atomic mass is 10.0. The molecule has 0 aliphatic carbocycles. The molecule has 0 saturated heterocycles. The smallest absolute Gasteiger partial charge is 0.255 e. The summed E-state index contributed by atoms with van der Waals surface area (Å²) >= 11 is 0. The molecule has 1 aromatic heterocycles. The summed E-state index contributed by atoms with van der Waals surface area (Å²) < 4.78 is 5.84. The molecule has 0 radical (unpaired) electrons. The molecule has 0 fully saturated rings. The van der Waals surface area contributed by atoms with Crippen LogP contribution in [0.2, 0.25) is 0 Å². The van der Waals surface area contributed by atoms with Crippen molar-refractivity contribution in [2.24, 2.45) is 0 Å². The van der Waals surface area contributed by atoms with E-state index in [0.29, 0.717) is 17.0 Å². The maximum Gasteiger partial charge on any atom is 0.255 e. The first kappa shape index (κ1) is 29.9. The van der Waals surface area contributed by atoms with Crippen LogP contribution >= 0.6 is 0 Å². The van der Waals surface area contributed by atoms with Gasteiger partial charge in [0.1, 0.15) is 35.4 Å². The highest BCUT2D eigenvalue weighted by atomic mass is 16.5. The number of aromatic hydroxyl groups is 1. The van der Waals surface area contributed by atoms with Gasteiger partial charge < -0.3 is 36.2 Å². The summed E-state index contributed by atoms with van der Waals surface area (Å²) in [7, 11) is 0. The molecule has 4 atom stereocenters. The Bertz CT molecular complexity index is 1460. The molecule has 0 unspecified atom stereocenters. The van der Waals surface area contributed by atoms with Gasteiger partial charge in [0.15, 0.2) is 0 Å². The van der Waals surface area contributed by atoms with Gasteiger partial charge >= 0.3 is 0 Å². The van der Waals surface area contributed by atoms with E-state index in [1.807, 2.05) is 0 Å². The summed E-state index contributed by atoms with van der Waals surface area (Å²) in [6.45, 7) is 4.58. The van der Waals surface area contributed by atoms with Crippen LogP contribution in [0.15, 0.2) is 54.9 Å². The van der Waals surface area contributed by atoms with E-state index in [2.05, 4.69) is 31.2 Å². The first-order valence-electron chi connectivity index (χ1n) is 13.2. The van der Waals surface area contributed by atoms with Crippen molar-refractivity contribution in [1.82, 2.24) is 31.2 Å². The zero-order valence-electron chi connectivity index (χ0n) is 23.2. The molecule has 0 saturated carbocycles. The molecule has 0 spiro atoms. The number of phenols is 1. The Morgan fingerprint density at radius 1 is 1.02 bits per heavy atom. The first-order chi connectivity index (χ1) is 20.0. The molecule has 3 aromatic rings. The molecule has 6 N–H and O–H groups in total. The molecule has 4 amide bonds. The van der Waals surface area contributed by atoms with Gasteiger partial charge in [-0.25, -0.2) is 0 Å². The minimum Gasteiger partial charge on any atom is -0.507 e. The third-order valence-corrected chi connectivity index (χ3v) is 6.53. The van der Waals surface area contributed by atoms with Crippen molar-refractivity contribution in [3.8, 4) is 17.2 Å². The van der Waals surface area contributed by atoms with Gasteiger partial charge in [0.05, 0.1) is 35.8 Å². The summed E-state index contributed by atoms with van der Waals surface area (Å²) in [5, 5.41) is 30.8. The van der Waals surface area contributed by atoms with Crippen LogP contribution < -0.4 is 26.0 Å². The molecule has 13 nitrogen and oxygen atoms in total. The lowest BCUT2D eigenvalue weighted by Crippen LogP contribution is -2.58. The largest absolute Gasteiger partial charge is 0.507 e. The maximum atomic E-state index is 13.2. The number of aliphatic hydroxyl groups is 1. The van der Waals surface area contributed by atoms with Gasteiger partial charge in [-0.2, -0.15) is 0 Å². The molecule has 220 valence electrons. The zero-order valence-corrected chi connectivity index (χ0v) is 23.2. The number of carbonyl (C=O) groups is 4. The molecular weight excluding hydrogens is 544 g/mol. The van der Waals surface area contributed by atoms with Gasteiger partial charge in [-0.1, -0.05) is 12.1 Å². The average Bonchev–Trinajstić information content (AvgIpc) is 2.96. The third kappa shape index (κ3) is 7.57. The molecular formula is C29H32N6O7. The van der Waals surface area contributed by atoms with Gasteiger partial charge in [-0.3, -0.25) is 29.1 Å². The van der Waals surface area contributed by atoms with Crippen LogP contribution in [0.1, 0.15) is 41.2 Å². The first-order valence-corrected chi connectivity index (χ1v) is 13.2. The molecule has 42 heavy (non-hydrogen) atoms. The molecule has 2 aliphatic heterocycles. The van der Waals surface area contributed by atoms with E-state index in [4.69, 9.17) is 4.74 Å². The fourth-order valence-electron chi connectivity index (χ4n) is 4.14. The number of nitrogens with one attached hydrogen (secondary N) is 4. The third-order valence-electron chi connectivity index (χ3n) is 6.53. The summed E-state index contributed by atoms with van der Waals surface area (Å²) in [4.78, 5) is 60.7. The maximum absolute atomic E-state index is 13.2. The van der Waals surface area contributed by atoms with Crippen molar-refractivity contribution in [3.63, 3.8) is 0 Å². The number of phenolic OH excluding ortho intramolecular Hbond substituents is 1. The number of aromatic nitrogens is 2. The number of hydrogen-bond donors (Lipinski definition) is 6. The highest BCUT2D eigenvalue weighted by Crippen LogP contribution is 2.28. The van der Waals surface area contributed by atoms with E-state index in [1.54, 1.807) is 43.6 Å². The van der Waals surface area contributed by atoms with E-state index >= 15 is 0 Å². The predicted molar refractivity (Wildman–Crippen MR) is 149 cm³/mol. The average molecular weight is 577 g/mol. The van der Waals surface area contributed by atoms with Crippen molar-refractivity contribution >= 4 is 23.6 Å². The number of fused-ring (bicyclic) bond motifs is 11. The minimum atomic E-state index is -1.46. The second-order valence-electron chi connectivity index (χ2n) is 9.98. The Kier molecular flexibility index (Phi) is 9.32. The topological polar surface area (TPSA) is 192 Å². The van der Waals surface area contributed by atoms with Crippen LogP contribution in [0.25, 0.3) is 0 Å². The molecule has 13 heteroatoms. The Balaban J connectivity index is 1.63. The number of carbonyl (C=O) groups excluding carboxylic acids is 4. The number of ether oxygens (including phenoxy) is 1. The number of hydrogen-bond acceptors (Lipinski definition) is 9. The quantitative estimate of drug-likeness (QED) is 0.242. The summed E-state index contributed by atoms with van der Waals surface area (Å²) in [6, 6.07) is 7.19. The summed E-state index contributed by atoms with van der Waals surface area (Å²) in [5.41, 5.74) is 1.79. The second kappa shape index (κ2) is 13.1. The summed E-state index contributed by atoms with van der Waals surface area (Å²) in [5.74, 6) is -2.55. The number of nitrogens with zero attached hydrogens (tertiary/aromatic N) is 2. The predicted octanol–water partition coefficient (Wildman–Crippen LogP) is 0.624. The normalized spacial score (nSPS) is 20.2. The van der Waals surface area contributed by atoms with Gasteiger partial charge in [0.25, 0.3) is 5.91 Å². The van der Waals surface area contributed by atoms with Gasteiger partial charge in [-0.05, 0) is 56.7 Å².